The molecule has 9 heteroatoms. The summed E-state index contributed by atoms with van der Waals surface area (Å²) in [6.07, 6.45) is 3.29. The molecule has 0 aliphatic heterocycles. The molecule has 0 N–H and O–H groups in total. The molecule has 0 radical (unpaired) electrons. The van der Waals surface area contributed by atoms with Crippen LogP contribution in [0.25, 0.3) is 11.0 Å². The monoisotopic (exact) mass is 409 g/mol. The number of nitrogens with zero attached hydrogens (tertiary/aromatic N) is 5. The van der Waals surface area contributed by atoms with Crippen LogP contribution in [0.3, 0.4) is 0 Å². The van der Waals surface area contributed by atoms with Gasteiger partial charge in [-0.3, -0.25) is 9.36 Å². The predicted molar refractivity (Wildman–Crippen MR) is 103 cm³/mol. The van der Waals surface area contributed by atoms with Gasteiger partial charge in [-0.2, -0.15) is 4.98 Å². The van der Waals surface area contributed by atoms with Crippen molar-refractivity contribution in [3.8, 4) is 0 Å². The number of hydrogen-bond acceptors (Lipinski definition) is 6. The van der Waals surface area contributed by atoms with E-state index in [2.05, 4.69) is 20.1 Å². The van der Waals surface area contributed by atoms with Crippen molar-refractivity contribution in [2.75, 3.05) is 0 Å². The molecule has 0 amide bonds. The first kappa shape index (κ1) is 18.5. The van der Waals surface area contributed by atoms with E-state index in [-0.39, 0.29) is 36.8 Å². The Kier molecular flexibility index (Phi) is 4.19. The van der Waals surface area contributed by atoms with Crippen molar-refractivity contribution in [1.82, 2.24) is 24.7 Å². The largest absolute Gasteiger partial charge is 0.337 e. The highest BCUT2D eigenvalue weighted by Gasteiger charge is 2.48. The number of fused-ring (bicyclic) bond motifs is 1. The molecule has 5 rings (SSSR count). The van der Waals surface area contributed by atoms with E-state index in [0.29, 0.717) is 22.4 Å². The summed E-state index contributed by atoms with van der Waals surface area (Å²) in [5.74, 6) is -0.0745. The van der Waals surface area contributed by atoms with Crippen molar-refractivity contribution in [3.63, 3.8) is 0 Å². The van der Waals surface area contributed by atoms with Gasteiger partial charge in [0.1, 0.15) is 24.4 Å². The van der Waals surface area contributed by atoms with Gasteiger partial charge < -0.3 is 4.52 Å². The van der Waals surface area contributed by atoms with Gasteiger partial charge in [0.25, 0.3) is 5.56 Å². The second kappa shape index (κ2) is 6.79. The summed E-state index contributed by atoms with van der Waals surface area (Å²) in [6.45, 7) is 1.88. The average Bonchev–Trinajstić information content (AvgIpc) is 3.16. The van der Waals surface area contributed by atoms with Gasteiger partial charge in [0.2, 0.25) is 5.89 Å². The molecule has 0 spiro atoms. The van der Waals surface area contributed by atoms with Crippen LogP contribution in [0.5, 0.6) is 0 Å². The summed E-state index contributed by atoms with van der Waals surface area (Å²) in [6, 6.07) is 7.33. The van der Waals surface area contributed by atoms with E-state index in [0.717, 1.165) is 5.56 Å². The third-order valence-electron chi connectivity index (χ3n) is 5.57. The third-order valence-corrected chi connectivity index (χ3v) is 5.57. The molecule has 0 atom stereocenters. The molecule has 7 nitrogen and oxygen atoms in total. The van der Waals surface area contributed by atoms with E-state index < -0.39 is 11.5 Å². The second-order valence-corrected chi connectivity index (χ2v) is 7.63. The van der Waals surface area contributed by atoms with Crippen LogP contribution in [0.2, 0.25) is 0 Å². The first-order chi connectivity index (χ1) is 14.4. The van der Waals surface area contributed by atoms with Crippen LogP contribution >= 0.6 is 0 Å². The van der Waals surface area contributed by atoms with Crippen LogP contribution < -0.4 is 5.56 Å². The number of halogens is 2. The van der Waals surface area contributed by atoms with Crippen molar-refractivity contribution < 1.29 is 13.3 Å². The van der Waals surface area contributed by atoms with E-state index in [1.54, 1.807) is 18.3 Å². The van der Waals surface area contributed by atoms with Crippen molar-refractivity contribution in [2.45, 2.75) is 37.9 Å². The molecule has 0 bridgehead atoms. The Bertz CT molecular complexity index is 1310. The van der Waals surface area contributed by atoms with E-state index in [9.17, 15) is 9.18 Å². The van der Waals surface area contributed by atoms with Crippen LogP contribution in [0.1, 0.15) is 41.6 Å². The topological polar surface area (TPSA) is 86.7 Å². The summed E-state index contributed by atoms with van der Waals surface area (Å²) in [4.78, 5) is 25.4. The Morgan fingerprint density at radius 2 is 2.10 bits per heavy atom. The molecule has 1 aliphatic carbocycles. The summed E-state index contributed by atoms with van der Waals surface area (Å²) >= 11 is 0. The molecule has 30 heavy (non-hydrogen) atoms. The maximum Gasteiger partial charge on any atom is 0.263 e. The summed E-state index contributed by atoms with van der Waals surface area (Å²) in [5.41, 5.74) is -0.363. The van der Waals surface area contributed by atoms with E-state index in [1.165, 1.54) is 29.1 Å². The lowest BCUT2D eigenvalue weighted by Gasteiger charge is -2.40. The first-order valence-electron chi connectivity index (χ1n) is 9.51. The molecule has 4 aromatic rings. The number of pyridine rings is 1. The Labute approximate surface area is 169 Å². The predicted octanol–water partition coefficient (Wildman–Crippen LogP) is 3.41. The minimum absolute atomic E-state index is 0.0560. The summed E-state index contributed by atoms with van der Waals surface area (Å²) < 4.78 is 35.1. The molecule has 3 aromatic heterocycles. The summed E-state index contributed by atoms with van der Waals surface area (Å²) in [5, 5.41) is 4.39. The smallest absolute Gasteiger partial charge is 0.263 e. The maximum absolute atomic E-state index is 15.0. The first-order valence-corrected chi connectivity index (χ1v) is 9.51. The van der Waals surface area contributed by atoms with Crippen molar-refractivity contribution in [1.29, 1.82) is 0 Å². The van der Waals surface area contributed by atoms with Crippen LogP contribution in [0.4, 0.5) is 8.78 Å². The molecule has 1 fully saturated rings. The fourth-order valence-corrected chi connectivity index (χ4v) is 3.89. The second-order valence-electron chi connectivity index (χ2n) is 7.63. The van der Waals surface area contributed by atoms with E-state index in [1.807, 2.05) is 6.92 Å². The molecule has 0 saturated heterocycles. The zero-order valence-corrected chi connectivity index (χ0v) is 16.0. The number of hydrogen-bond donors (Lipinski definition) is 0. The fraction of sp³-hybridized carbons (Fsp3) is 0.286. The molecule has 1 saturated carbocycles. The lowest BCUT2D eigenvalue weighted by atomic mass is 9.68. The summed E-state index contributed by atoms with van der Waals surface area (Å²) in [7, 11) is 0. The van der Waals surface area contributed by atoms with Crippen molar-refractivity contribution in [3.05, 3.63) is 81.9 Å². The van der Waals surface area contributed by atoms with Gasteiger partial charge in [-0.1, -0.05) is 17.3 Å². The van der Waals surface area contributed by atoms with E-state index >= 15 is 4.39 Å². The number of benzene rings is 1. The maximum atomic E-state index is 15.0. The van der Waals surface area contributed by atoms with Crippen molar-refractivity contribution in [2.24, 2.45) is 0 Å². The molecule has 152 valence electrons. The van der Waals surface area contributed by atoms with Gasteiger partial charge in [-0.15, -0.1) is 0 Å². The van der Waals surface area contributed by atoms with E-state index in [4.69, 9.17) is 4.52 Å². The van der Waals surface area contributed by atoms with Gasteiger partial charge in [0, 0.05) is 12.1 Å². The fourth-order valence-electron chi connectivity index (χ4n) is 3.89. The number of aryl methyl sites for hydroxylation is 1. The van der Waals surface area contributed by atoms with Crippen LogP contribution in [0, 0.1) is 12.7 Å². The molecular formula is C21H17F2N5O2. The highest BCUT2D eigenvalue weighted by Crippen LogP contribution is 2.53. The molecule has 1 aliphatic rings. The number of alkyl halides is 1. The minimum Gasteiger partial charge on any atom is -0.337 e. The lowest BCUT2D eigenvalue weighted by molar-refractivity contribution is 0.0333. The zero-order valence-electron chi connectivity index (χ0n) is 16.0. The Morgan fingerprint density at radius 3 is 2.90 bits per heavy atom. The minimum atomic E-state index is -1.60. The molecule has 3 heterocycles. The third kappa shape index (κ3) is 3.06. The molecular weight excluding hydrogens is 392 g/mol. The standard InChI is InChI=1S/C21H17F2N5O2/c1-12-5-6-24-19-17(12)20(29)28(11-25-19)10-16-26-18(27-30-16)13-8-21(23,9-13)14-3-2-4-15(22)7-14/h2-7,11,13H,8-10H2,1H3/t13-,21+. The Hall–Kier alpha value is -3.49. The SMILES string of the molecule is Cc1ccnc2ncn(Cc3nc([C@H]4C[C@](F)(c5cccc(F)c5)C4)no3)c(=O)c12. The Morgan fingerprint density at radius 1 is 1.27 bits per heavy atom. The van der Waals surface area contributed by atoms with Crippen LogP contribution in [-0.4, -0.2) is 24.7 Å². The number of rotatable bonds is 4. The Balaban J connectivity index is 1.34. The van der Waals surface area contributed by atoms with Gasteiger partial charge in [-0.25, -0.2) is 18.7 Å². The van der Waals surface area contributed by atoms with Gasteiger partial charge in [0.15, 0.2) is 11.5 Å². The number of aromatic nitrogens is 5. The molecule has 1 aromatic carbocycles. The van der Waals surface area contributed by atoms with Gasteiger partial charge in [-0.05, 0) is 49.1 Å². The van der Waals surface area contributed by atoms with Crippen LogP contribution in [0.15, 0.2) is 52.2 Å². The average molecular weight is 409 g/mol. The highest BCUT2D eigenvalue weighted by atomic mass is 19.1. The molecule has 0 unspecified atom stereocenters. The normalized spacial score (nSPS) is 21.0. The zero-order chi connectivity index (χ0) is 20.9. The quantitative estimate of drug-likeness (QED) is 0.513. The van der Waals surface area contributed by atoms with Gasteiger partial charge in [0.05, 0.1) is 5.39 Å². The van der Waals surface area contributed by atoms with Crippen LogP contribution in [-0.2, 0) is 12.2 Å². The highest BCUT2D eigenvalue weighted by molar-refractivity contribution is 5.76. The lowest BCUT2D eigenvalue weighted by Crippen LogP contribution is -2.36. The van der Waals surface area contributed by atoms with Crippen molar-refractivity contribution >= 4 is 11.0 Å². The van der Waals surface area contributed by atoms with Gasteiger partial charge >= 0.3 is 0 Å².